The fraction of sp³-hybridized carbons (Fsp3) is 0.100. The number of halogens is 1. The molecule has 0 saturated carbocycles. The van der Waals surface area contributed by atoms with Crippen molar-refractivity contribution in [1.29, 1.82) is 0 Å². The molecule has 0 radical (unpaired) electrons. The van der Waals surface area contributed by atoms with E-state index in [1.807, 2.05) is 18.4 Å². The van der Waals surface area contributed by atoms with Gasteiger partial charge in [-0.3, -0.25) is 0 Å². The molecule has 2 nitrogen and oxygen atoms in total. The van der Waals surface area contributed by atoms with E-state index in [4.69, 9.17) is 0 Å². The molecule has 0 unspecified atom stereocenters. The number of rotatable bonds is 3. The van der Waals surface area contributed by atoms with Crippen LogP contribution in [0.25, 0.3) is 0 Å². The van der Waals surface area contributed by atoms with Crippen molar-refractivity contribution < 1.29 is 21.5 Å². The number of hydrogen-bond acceptors (Lipinski definition) is 2. The predicted octanol–water partition coefficient (Wildman–Crippen LogP) is -1.20. The molecule has 0 aromatic rings. The van der Waals surface area contributed by atoms with E-state index in [2.05, 4.69) is 25.3 Å². The van der Waals surface area contributed by atoms with Crippen molar-refractivity contribution >= 4 is 6.21 Å². The van der Waals surface area contributed by atoms with Gasteiger partial charge in [-0.2, -0.15) is 0 Å². The molecule has 0 bridgehead atoms. The van der Waals surface area contributed by atoms with E-state index in [1.165, 1.54) is 5.57 Å². The number of hydrogen-bond donors (Lipinski definition) is 1. The van der Waals surface area contributed by atoms with Gasteiger partial charge in [-0.25, -0.2) is 0 Å². The van der Waals surface area contributed by atoms with Crippen molar-refractivity contribution in [1.82, 2.24) is 3.53 Å². The first-order chi connectivity index (χ1) is 6.38. The van der Waals surface area contributed by atoms with Crippen molar-refractivity contribution in [3.8, 4) is 0 Å². The molecule has 3 heteroatoms. The average Bonchev–Trinajstić information content (AvgIpc) is 2.21. The molecular weight excluding hydrogens is 275 g/mol. The Morgan fingerprint density at radius 3 is 3.08 bits per heavy atom. The van der Waals surface area contributed by atoms with Crippen molar-refractivity contribution in [2.24, 2.45) is 4.99 Å². The molecule has 0 spiro atoms. The van der Waals surface area contributed by atoms with Crippen LogP contribution in [0.15, 0.2) is 51.2 Å². The Morgan fingerprint density at radius 1 is 1.69 bits per heavy atom. The fourth-order valence-corrected chi connectivity index (χ4v) is 2.35. The summed E-state index contributed by atoms with van der Waals surface area (Å²) >= 11 is -0.0130. The molecule has 1 N–H and O–H groups in total. The van der Waals surface area contributed by atoms with Gasteiger partial charge in [0.15, 0.2) is 0 Å². The minimum atomic E-state index is -0.0130. The van der Waals surface area contributed by atoms with Crippen LogP contribution in [0.2, 0.25) is 0 Å². The van der Waals surface area contributed by atoms with Crippen LogP contribution in [0.5, 0.6) is 0 Å². The summed E-state index contributed by atoms with van der Waals surface area (Å²) in [6.45, 7) is 3.78. The second kappa shape index (κ2) is 5.75. The van der Waals surface area contributed by atoms with Gasteiger partial charge in [-0.15, -0.1) is 0 Å². The minimum absolute atomic E-state index is 0.0130. The first-order valence-electron chi connectivity index (χ1n) is 3.88. The summed E-state index contributed by atoms with van der Waals surface area (Å²) < 4.78 is 5.44. The van der Waals surface area contributed by atoms with Gasteiger partial charge < -0.3 is 0 Å². The monoisotopic (exact) mass is 287 g/mol. The first kappa shape index (κ1) is 10.2. The Bertz CT molecular complexity index is 298. The molecule has 0 aromatic carbocycles. The zero-order valence-corrected chi connectivity index (χ0v) is 9.65. The molecule has 1 aliphatic rings. The number of nitrogens with zero attached hydrogens (tertiary/aromatic N) is 1. The number of aliphatic imine (C=N–C) groups is 1. The summed E-state index contributed by atoms with van der Waals surface area (Å²) in [5.41, 5.74) is 2.37. The Hall–Kier alpha value is -0.840. The van der Waals surface area contributed by atoms with E-state index in [9.17, 15) is 0 Å². The predicted molar refractivity (Wildman–Crippen MR) is 53.1 cm³/mol. The van der Waals surface area contributed by atoms with Crippen LogP contribution < -0.4 is 25.0 Å². The van der Waals surface area contributed by atoms with Gasteiger partial charge in [0.05, 0.1) is 0 Å². The zero-order valence-electron chi connectivity index (χ0n) is 7.50. The van der Waals surface area contributed by atoms with Crippen molar-refractivity contribution in [3.05, 3.63) is 46.2 Å². The summed E-state index contributed by atoms with van der Waals surface area (Å²) in [6, 6.07) is 0. The summed E-state index contributed by atoms with van der Waals surface area (Å²) in [5, 5.41) is 0. The molecule has 13 heavy (non-hydrogen) atoms. The third kappa shape index (κ3) is 3.18. The summed E-state index contributed by atoms with van der Waals surface area (Å²) in [5.74, 6) is 0. The number of nitrogens with one attached hydrogen (secondary N) is 1. The van der Waals surface area contributed by atoms with Crippen LogP contribution >= 0.6 is 0 Å². The van der Waals surface area contributed by atoms with Gasteiger partial charge in [0.2, 0.25) is 0 Å². The molecule has 0 amide bonds. The molecule has 0 aromatic heterocycles. The van der Waals surface area contributed by atoms with Gasteiger partial charge >= 0.3 is 89.5 Å². The van der Waals surface area contributed by atoms with Gasteiger partial charge in [0.25, 0.3) is 0 Å². The fourth-order valence-electron chi connectivity index (χ4n) is 0.880. The van der Waals surface area contributed by atoms with Crippen molar-refractivity contribution in [3.63, 3.8) is 0 Å². The molecule has 70 valence electrons. The molecule has 0 saturated heterocycles. The van der Waals surface area contributed by atoms with E-state index in [1.54, 1.807) is 13.3 Å². The van der Waals surface area contributed by atoms with Crippen molar-refractivity contribution in [2.75, 3.05) is 7.05 Å². The quantitative estimate of drug-likeness (QED) is 0.300. The van der Waals surface area contributed by atoms with Crippen LogP contribution in [-0.4, -0.2) is 13.3 Å². The maximum atomic E-state index is 3.91. The van der Waals surface area contributed by atoms with E-state index >= 15 is 0 Å². The average molecular weight is 287 g/mol. The molecule has 1 rings (SSSR count). The second-order valence-corrected chi connectivity index (χ2v) is 4.22. The van der Waals surface area contributed by atoms with Crippen LogP contribution in [0.4, 0.5) is 0 Å². The van der Waals surface area contributed by atoms with E-state index in [-0.39, 0.29) is 21.5 Å². The summed E-state index contributed by atoms with van der Waals surface area (Å²) in [4.78, 5) is 3.91. The summed E-state index contributed by atoms with van der Waals surface area (Å²) in [6.07, 6.45) is 9.65. The second-order valence-electron chi connectivity index (χ2n) is 2.35. The topological polar surface area (TPSA) is 24.4 Å². The first-order valence-corrected chi connectivity index (χ1v) is 6.21. The van der Waals surface area contributed by atoms with Crippen LogP contribution in [0.3, 0.4) is 0 Å². The molecular formula is C10H12IN2-. The molecule has 0 fully saturated rings. The van der Waals surface area contributed by atoms with E-state index < -0.39 is 0 Å². The third-order valence-corrected chi connectivity index (χ3v) is 3.22. The SMILES string of the molecule is C=C/C(=C\C=NC)C1=C[I-]NC=C1. The van der Waals surface area contributed by atoms with Gasteiger partial charge in [0, 0.05) is 0 Å². The van der Waals surface area contributed by atoms with Gasteiger partial charge in [0.1, 0.15) is 0 Å². The van der Waals surface area contributed by atoms with Crippen LogP contribution in [0, 0.1) is 0 Å². The van der Waals surface area contributed by atoms with Crippen LogP contribution in [0.1, 0.15) is 0 Å². The van der Waals surface area contributed by atoms with Gasteiger partial charge in [-0.1, -0.05) is 0 Å². The summed E-state index contributed by atoms with van der Waals surface area (Å²) in [7, 11) is 1.76. The number of allylic oxidation sites excluding steroid dienone is 5. The normalized spacial score (nSPS) is 17.6. The molecule has 0 atom stereocenters. The Morgan fingerprint density at radius 2 is 2.54 bits per heavy atom. The Kier molecular flexibility index (Phi) is 4.53. The standard InChI is InChI=1S/C10H12IN2/c1-3-9(4-6-12-2)10-5-7-13-11-8-10/h3-8,13H,1H2,2H3/q-1/b9-4+,12-6?. The molecule has 1 aliphatic heterocycles. The van der Waals surface area contributed by atoms with Crippen molar-refractivity contribution in [2.45, 2.75) is 0 Å². The maximum absolute atomic E-state index is 3.91. The zero-order chi connectivity index (χ0) is 9.52. The van der Waals surface area contributed by atoms with Gasteiger partial charge in [-0.05, 0) is 0 Å². The molecule has 1 heterocycles. The van der Waals surface area contributed by atoms with Crippen LogP contribution in [-0.2, 0) is 0 Å². The Labute approximate surface area is 89.4 Å². The van der Waals surface area contributed by atoms with E-state index in [0.717, 1.165) is 5.57 Å². The molecule has 0 aliphatic carbocycles. The third-order valence-electron chi connectivity index (χ3n) is 1.52. The van der Waals surface area contributed by atoms with E-state index in [0.29, 0.717) is 0 Å². The Balaban J connectivity index is 2.82.